The van der Waals surface area contributed by atoms with Crippen LogP contribution in [0.1, 0.15) is 18.1 Å². The van der Waals surface area contributed by atoms with Gasteiger partial charge in [0.25, 0.3) is 0 Å². The summed E-state index contributed by atoms with van der Waals surface area (Å²) in [7, 11) is 0. The van der Waals surface area contributed by atoms with Crippen LogP contribution >= 0.6 is 0 Å². The molecule has 3 rings (SSSR count). The number of anilines is 2. The zero-order valence-electron chi connectivity index (χ0n) is 11.4. The summed E-state index contributed by atoms with van der Waals surface area (Å²) in [5.74, 6) is 0. The van der Waals surface area contributed by atoms with Crippen LogP contribution < -0.4 is 10.2 Å². The summed E-state index contributed by atoms with van der Waals surface area (Å²) in [5.41, 5.74) is 5.54. The Labute approximate surface area is 115 Å². The Hall–Kier alpha value is -1.80. The van der Waals surface area contributed by atoms with E-state index in [0.29, 0.717) is 0 Å². The highest BCUT2D eigenvalue weighted by molar-refractivity contribution is 5.71. The van der Waals surface area contributed by atoms with Gasteiger partial charge in [-0.2, -0.15) is 0 Å². The van der Waals surface area contributed by atoms with Gasteiger partial charge >= 0.3 is 0 Å². The Morgan fingerprint density at radius 3 is 2.58 bits per heavy atom. The van der Waals surface area contributed by atoms with Crippen molar-refractivity contribution in [3.63, 3.8) is 0 Å². The summed E-state index contributed by atoms with van der Waals surface area (Å²) in [4.78, 5) is 2.45. The molecule has 0 bridgehead atoms. The maximum atomic E-state index is 3.43. The van der Waals surface area contributed by atoms with Crippen LogP contribution in [0.2, 0.25) is 0 Å². The molecule has 0 unspecified atom stereocenters. The van der Waals surface area contributed by atoms with Crippen LogP contribution in [0, 0.1) is 0 Å². The summed E-state index contributed by atoms with van der Waals surface area (Å²) < 4.78 is 0. The zero-order valence-corrected chi connectivity index (χ0v) is 11.4. The molecular weight excluding hydrogens is 232 g/mol. The van der Waals surface area contributed by atoms with Gasteiger partial charge in [-0.1, -0.05) is 43.3 Å². The number of nitrogens with zero attached hydrogens (tertiary/aromatic N) is 1. The Bertz CT molecular complexity index is 563. The van der Waals surface area contributed by atoms with E-state index in [-0.39, 0.29) is 0 Å². The van der Waals surface area contributed by atoms with Crippen molar-refractivity contribution >= 4 is 11.4 Å². The standard InChI is InChI=1S/C17H20N2/c1-2-18-13-15-8-4-6-10-17(15)19-12-11-14-7-3-5-9-16(14)19/h3-10,18H,2,11-13H2,1H3. The molecule has 2 heteroatoms. The van der Waals surface area contributed by atoms with Crippen LogP contribution in [0.25, 0.3) is 0 Å². The van der Waals surface area contributed by atoms with E-state index in [0.717, 1.165) is 26.1 Å². The Kier molecular flexibility index (Phi) is 3.51. The van der Waals surface area contributed by atoms with E-state index in [9.17, 15) is 0 Å². The maximum Gasteiger partial charge on any atom is 0.0456 e. The quantitative estimate of drug-likeness (QED) is 0.896. The van der Waals surface area contributed by atoms with Crippen LogP contribution in [0.15, 0.2) is 48.5 Å². The fourth-order valence-electron chi connectivity index (χ4n) is 2.77. The molecule has 98 valence electrons. The van der Waals surface area contributed by atoms with E-state index in [4.69, 9.17) is 0 Å². The van der Waals surface area contributed by atoms with Crippen molar-refractivity contribution in [1.29, 1.82) is 0 Å². The normalized spacial score (nSPS) is 13.6. The van der Waals surface area contributed by atoms with Gasteiger partial charge in [0.2, 0.25) is 0 Å². The Morgan fingerprint density at radius 1 is 1.00 bits per heavy atom. The monoisotopic (exact) mass is 252 g/mol. The second kappa shape index (κ2) is 5.45. The number of hydrogen-bond acceptors (Lipinski definition) is 2. The molecule has 2 nitrogen and oxygen atoms in total. The van der Waals surface area contributed by atoms with Crippen molar-refractivity contribution in [3.05, 3.63) is 59.7 Å². The van der Waals surface area contributed by atoms with Crippen LogP contribution in [0.5, 0.6) is 0 Å². The predicted molar refractivity (Wildman–Crippen MR) is 81.0 cm³/mol. The largest absolute Gasteiger partial charge is 0.341 e. The van der Waals surface area contributed by atoms with E-state index in [1.165, 1.54) is 22.5 Å². The van der Waals surface area contributed by atoms with E-state index in [1.54, 1.807) is 0 Å². The molecule has 1 aliphatic heterocycles. The van der Waals surface area contributed by atoms with Crippen molar-refractivity contribution in [2.75, 3.05) is 18.0 Å². The van der Waals surface area contributed by atoms with E-state index in [2.05, 4.69) is 65.7 Å². The molecule has 19 heavy (non-hydrogen) atoms. The third kappa shape index (κ3) is 2.36. The van der Waals surface area contributed by atoms with Crippen LogP contribution in [-0.4, -0.2) is 13.1 Å². The van der Waals surface area contributed by atoms with Gasteiger partial charge in [-0.15, -0.1) is 0 Å². The summed E-state index contributed by atoms with van der Waals surface area (Å²) in [6, 6.07) is 17.4. The van der Waals surface area contributed by atoms with Crippen molar-refractivity contribution < 1.29 is 0 Å². The summed E-state index contributed by atoms with van der Waals surface area (Å²) in [5, 5.41) is 3.43. The van der Waals surface area contributed by atoms with Gasteiger partial charge in [0.1, 0.15) is 0 Å². The molecule has 1 N–H and O–H groups in total. The molecule has 0 saturated carbocycles. The lowest BCUT2D eigenvalue weighted by atomic mass is 10.1. The van der Waals surface area contributed by atoms with Crippen molar-refractivity contribution in [2.24, 2.45) is 0 Å². The molecule has 0 fully saturated rings. The molecule has 0 amide bonds. The Balaban J connectivity index is 1.95. The number of benzene rings is 2. The van der Waals surface area contributed by atoms with Gasteiger partial charge in [0, 0.05) is 24.5 Å². The zero-order chi connectivity index (χ0) is 13.1. The predicted octanol–water partition coefficient (Wildman–Crippen LogP) is 3.49. The van der Waals surface area contributed by atoms with Gasteiger partial charge < -0.3 is 10.2 Å². The lowest BCUT2D eigenvalue weighted by Crippen LogP contribution is -2.18. The average Bonchev–Trinajstić information content (AvgIpc) is 2.89. The van der Waals surface area contributed by atoms with Crippen LogP contribution in [0.3, 0.4) is 0 Å². The van der Waals surface area contributed by atoms with Gasteiger partial charge in [-0.05, 0) is 36.2 Å². The summed E-state index contributed by atoms with van der Waals surface area (Å²) >= 11 is 0. The maximum absolute atomic E-state index is 3.43. The highest BCUT2D eigenvalue weighted by Gasteiger charge is 2.21. The van der Waals surface area contributed by atoms with E-state index in [1.807, 2.05) is 0 Å². The van der Waals surface area contributed by atoms with E-state index >= 15 is 0 Å². The molecule has 0 aromatic heterocycles. The molecule has 0 aliphatic carbocycles. The second-order valence-corrected chi connectivity index (χ2v) is 4.94. The first kappa shape index (κ1) is 12.2. The average molecular weight is 252 g/mol. The number of para-hydroxylation sites is 2. The van der Waals surface area contributed by atoms with Crippen molar-refractivity contribution in [2.45, 2.75) is 19.9 Å². The minimum absolute atomic E-state index is 0.936. The molecule has 0 atom stereocenters. The van der Waals surface area contributed by atoms with Crippen LogP contribution in [-0.2, 0) is 13.0 Å². The third-order valence-electron chi connectivity index (χ3n) is 3.74. The second-order valence-electron chi connectivity index (χ2n) is 4.94. The molecule has 1 aliphatic rings. The number of rotatable bonds is 4. The van der Waals surface area contributed by atoms with Crippen molar-refractivity contribution in [1.82, 2.24) is 5.32 Å². The molecule has 1 heterocycles. The van der Waals surface area contributed by atoms with Gasteiger partial charge in [0.05, 0.1) is 0 Å². The fraction of sp³-hybridized carbons (Fsp3) is 0.294. The van der Waals surface area contributed by atoms with Crippen molar-refractivity contribution in [3.8, 4) is 0 Å². The Morgan fingerprint density at radius 2 is 1.74 bits per heavy atom. The number of fused-ring (bicyclic) bond motifs is 1. The first-order chi connectivity index (χ1) is 9.40. The highest BCUT2D eigenvalue weighted by Crippen LogP contribution is 2.35. The highest BCUT2D eigenvalue weighted by atomic mass is 15.2. The molecule has 0 radical (unpaired) electrons. The smallest absolute Gasteiger partial charge is 0.0456 e. The van der Waals surface area contributed by atoms with E-state index < -0.39 is 0 Å². The minimum Gasteiger partial charge on any atom is -0.341 e. The molecule has 0 saturated heterocycles. The summed E-state index contributed by atoms with van der Waals surface area (Å²) in [6.45, 7) is 5.17. The third-order valence-corrected chi connectivity index (χ3v) is 3.74. The molecule has 2 aromatic rings. The van der Waals surface area contributed by atoms with Crippen LogP contribution in [0.4, 0.5) is 11.4 Å². The summed E-state index contributed by atoms with van der Waals surface area (Å²) in [6.07, 6.45) is 1.14. The molecule has 2 aromatic carbocycles. The van der Waals surface area contributed by atoms with Gasteiger partial charge in [-0.3, -0.25) is 0 Å². The number of hydrogen-bond donors (Lipinski definition) is 1. The topological polar surface area (TPSA) is 15.3 Å². The fourth-order valence-corrected chi connectivity index (χ4v) is 2.77. The lowest BCUT2D eigenvalue weighted by Gasteiger charge is -2.23. The SMILES string of the molecule is CCNCc1ccccc1N1CCc2ccccc21. The lowest BCUT2D eigenvalue weighted by molar-refractivity contribution is 0.725. The number of nitrogens with one attached hydrogen (secondary N) is 1. The van der Waals surface area contributed by atoms with Gasteiger partial charge in [-0.25, -0.2) is 0 Å². The first-order valence-electron chi connectivity index (χ1n) is 7.04. The first-order valence-corrected chi connectivity index (χ1v) is 7.04. The molecular formula is C17H20N2. The molecule has 0 spiro atoms. The minimum atomic E-state index is 0.936. The van der Waals surface area contributed by atoms with Gasteiger partial charge in [0.15, 0.2) is 0 Å².